The van der Waals surface area contributed by atoms with E-state index in [2.05, 4.69) is 16.8 Å². The van der Waals surface area contributed by atoms with Gasteiger partial charge in [-0.1, -0.05) is 24.1 Å². The molecule has 0 aliphatic rings. The summed E-state index contributed by atoms with van der Waals surface area (Å²) in [5, 5.41) is 9.67. The zero-order valence-corrected chi connectivity index (χ0v) is 11.8. The molecule has 0 atom stereocenters. The second-order valence-corrected chi connectivity index (χ2v) is 4.51. The molecule has 0 aliphatic carbocycles. The Morgan fingerprint density at radius 3 is 2.71 bits per heavy atom. The maximum atomic E-state index is 12.1. The third-order valence-electron chi connectivity index (χ3n) is 2.93. The van der Waals surface area contributed by atoms with E-state index in [-0.39, 0.29) is 11.7 Å². The van der Waals surface area contributed by atoms with Crippen molar-refractivity contribution in [2.24, 2.45) is 0 Å². The van der Waals surface area contributed by atoms with Gasteiger partial charge in [0.1, 0.15) is 11.4 Å². The molecule has 0 radical (unpaired) electrons. The van der Waals surface area contributed by atoms with E-state index in [1.54, 1.807) is 36.3 Å². The van der Waals surface area contributed by atoms with Gasteiger partial charge in [-0.25, -0.2) is 4.98 Å². The van der Waals surface area contributed by atoms with Crippen LogP contribution in [0.3, 0.4) is 0 Å². The molecule has 4 nitrogen and oxygen atoms in total. The number of para-hydroxylation sites is 1. The van der Waals surface area contributed by atoms with Crippen molar-refractivity contribution in [3.05, 3.63) is 59.9 Å². The third-order valence-corrected chi connectivity index (χ3v) is 2.93. The van der Waals surface area contributed by atoms with Gasteiger partial charge in [0.15, 0.2) is 0 Å². The van der Waals surface area contributed by atoms with Gasteiger partial charge in [-0.05, 0) is 30.2 Å². The molecule has 2 aromatic rings. The number of phenols is 1. The van der Waals surface area contributed by atoms with Crippen LogP contribution >= 0.6 is 0 Å². The number of pyridine rings is 1. The van der Waals surface area contributed by atoms with Gasteiger partial charge in [0, 0.05) is 26.2 Å². The molecule has 4 heteroatoms. The Labute approximate surface area is 124 Å². The zero-order valence-electron chi connectivity index (χ0n) is 11.8. The fraction of sp³-hybridized carbons (Fsp3) is 0.176. The molecule has 21 heavy (non-hydrogen) atoms. The highest BCUT2D eigenvalue weighted by Crippen LogP contribution is 2.17. The molecular weight excluding hydrogens is 264 g/mol. The number of nitrogens with zero attached hydrogens (tertiary/aromatic N) is 2. The lowest BCUT2D eigenvalue weighted by Gasteiger charge is -2.16. The first-order valence-electron chi connectivity index (χ1n) is 6.62. The predicted octanol–water partition coefficient (Wildman–Crippen LogP) is 2.30. The molecule has 1 aromatic heterocycles. The second kappa shape index (κ2) is 7.11. The van der Waals surface area contributed by atoms with Crippen LogP contribution in [-0.4, -0.2) is 34.5 Å². The lowest BCUT2D eigenvalue weighted by atomic mass is 10.2. The lowest BCUT2D eigenvalue weighted by Crippen LogP contribution is -2.27. The van der Waals surface area contributed by atoms with Crippen molar-refractivity contribution in [3.8, 4) is 17.6 Å². The third kappa shape index (κ3) is 4.08. The van der Waals surface area contributed by atoms with Gasteiger partial charge in [-0.3, -0.25) is 4.79 Å². The summed E-state index contributed by atoms with van der Waals surface area (Å²) in [4.78, 5) is 17.8. The van der Waals surface area contributed by atoms with Crippen molar-refractivity contribution in [3.63, 3.8) is 0 Å². The SMILES string of the molecule is CN(CCC#Cc1ccccn1)C(=O)c1ccccc1O. The smallest absolute Gasteiger partial charge is 0.257 e. The van der Waals surface area contributed by atoms with Crippen LogP contribution in [0.1, 0.15) is 22.5 Å². The second-order valence-electron chi connectivity index (χ2n) is 4.51. The number of benzene rings is 1. The van der Waals surface area contributed by atoms with E-state index in [4.69, 9.17) is 0 Å². The minimum absolute atomic E-state index is 0.00563. The molecule has 0 aliphatic heterocycles. The summed E-state index contributed by atoms with van der Waals surface area (Å²) in [5.41, 5.74) is 1.02. The highest BCUT2D eigenvalue weighted by atomic mass is 16.3. The molecule has 1 N–H and O–H groups in total. The van der Waals surface area contributed by atoms with Crippen molar-refractivity contribution in [1.29, 1.82) is 0 Å². The molecule has 0 spiro atoms. The van der Waals surface area contributed by atoms with Crippen LogP contribution in [0, 0.1) is 11.8 Å². The van der Waals surface area contributed by atoms with Crippen LogP contribution in [-0.2, 0) is 0 Å². The summed E-state index contributed by atoms with van der Waals surface area (Å²) >= 11 is 0. The number of aromatic hydroxyl groups is 1. The largest absolute Gasteiger partial charge is 0.507 e. The Morgan fingerprint density at radius 2 is 2.00 bits per heavy atom. The van der Waals surface area contributed by atoms with Crippen LogP contribution in [0.2, 0.25) is 0 Å². The minimum atomic E-state index is -0.215. The Balaban J connectivity index is 1.91. The summed E-state index contributed by atoms with van der Waals surface area (Å²) in [7, 11) is 1.69. The van der Waals surface area contributed by atoms with Crippen molar-refractivity contribution in [1.82, 2.24) is 9.88 Å². The topological polar surface area (TPSA) is 53.4 Å². The van der Waals surface area contributed by atoms with Gasteiger partial charge >= 0.3 is 0 Å². The molecule has 1 amide bonds. The van der Waals surface area contributed by atoms with E-state index in [1.165, 1.54) is 6.07 Å². The molecule has 2 rings (SSSR count). The van der Waals surface area contributed by atoms with Gasteiger partial charge in [0.25, 0.3) is 5.91 Å². The fourth-order valence-electron chi connectivity index (χ4n) is 1.78. The minimum Gasteiger partial charge on any atom is -0.507 e. The van der Waals surface area contributed by atoms with E-state index in [1.807, 2.05) is 18.2 Å². The molecule has 0 bridgehead atoms. The quantitative estimate of drug-likeness (QED) is 0.878. The highest BCUT2D eigenvalue weighted by Gasteiger charge is 2.14. The number of phenolic OH excluding ortho intramolecular Hbond substituents is 1. The maximum absolute atomic E-state index is 12.1. The van der Waals surface area contributed by atoms with Crippen molar-refractivity contribution >= 4 is 5.91 Å². The Hall–Kier alpha value is -2.80. The number of carbonyl (C=O) groups excluding carboxylic acids is 1. The van der Waals surface area contributed by atoms with E-state index in [0.29, 0.717) is 24.2 Å². The first-order valence-corrected chi connectivity index (χ1v) is 6.62. The number of hydrogen-bond donors (Lipinski definition) is 1. The van der Waals surface area contributed by atoms with Crippen LogP contribution in [0.15, 0.2) is 48.7 Å². The van der Waals surface area contributed by atoms with E-state index >= 15 is 0 Å². The number of amides is 1. The Kier molecular flexibility index (Phi) is 4.94. The normalized spacial score (nSPS) is 9.57. The first-order chi connectivity index (χ1) is 10.2. The van der Waals surface area contributed by atoms with Crippen LogP contribution in [0.5, 0.6) is 5.75 Å². The average molecular weight is 280 g/mol. The van der Waals surface area contributed by atoms with Crippen molar-refractivity contribution < 1.29 is 9.90 Å². The molecule has 106 valence electrons. The molecule has 0 fully saturated rings. The van der Waals surface area contributed by atoms with Gasteiger partial charge in [-0.15, -0.1) is 0 Å². The number of carbonyl (C=O) groups is 1. The summed E-state index contributed by atoms with van der Waals surface area (Å²) < 4.78 is 0. The average Bonchev–Trinajstić information content (AvgIpc) is 2.52. The number of rotatable bonds is 3. The first kappa shape index (κ1) is 14.6. The molecule has 1 heterocycles. The van der Waals surface area contributed by atoms with Crippen molar-refractivity contribution in [2.75, 3.05) is 13.6 Å². The molecule has 0 saturated carbocycles. The Morgan fingerprint density at radius 1 is 1.24 bits per heavy atom. The van der Waals surface area contributed by atoms with E-state index < -0.39 is 0 Å². The highest BCUT2D eigenvalue weighted by molar-refractivity contribution is 5.96. The van der Waals surface area contributed by atoms with Gasteiger partial charge < -0.3 is 10.0 Å². The molecule has 0 saturated heterocycles. The summed E-state index contributed by atoms with van der Waals surface area (Å²) in [6.45, 7) is 0.493. The summed E-state index contributed by atoms with van der Waals surface area (Å²) in [6.07, 6.45) is 2.24. The molecule has 0 unspecified atom stereocenters. The van der Waals surface area contributed by atoms with E-state index in [9.17, 15) is 9.90 Å². The zero-order chi connectivity index (χ0) is 15.1. The predicted molar refractivity (Wildman–Crippen MR) is 80.8 cm³/mol. The molecular formula is C17H16N2O2. The van der Waals surface area contributed by atoms with E-state index in [0.717, 1.165) is 0 Å². The standard InChI is InChI=1S/C17H16N2O2/c1-19(17(21)15-10-2-3-11-16(15)20)13-7-5-9-14-8-4-6-12-18-14/h2-4,6,8,10-12,20H,7,13H2,1H3. The maximum Gasteiger partial charge on any atom is 0.257 e. The van der Waals surface area contributed by atoms with Crippen LogP contribution < -0.4 is 0 Å². The fourth-order valence-corrected chi connectivity index (χ4v) is 1.78. The summed E-state index contributed by atoms with van der Waals surface area (Å²) in [6, 6.07) is 12.1. The number of hydrogen-bond acceptors (Lipinski definition) is 3. The summed E-state index contributed by atoms with van der Waals surface area (Å²) in [5.74, 6) is 5.71. The molecule has 1 aromatic carbocycles. The van der Waals surface area contributed by atoms with Gasteiger partial charge in [0.05, 0.1) is 5.56 Å². The number of aromatic nitrogens is 1. The van der Waals surface area contributed by atoms with Crippen LogP contribution in [0.4, 0.5) is 0 Å². The Bertz CT molecular complexity index is 672. The van der Waals surface area contributed by atoms with Gasteiger partial charge in [-0.2, -0.15) is 0 Å². The lowest BCUT2D eigenvalue weighted by molar-refractivity contribution is 0.0795. The van der Waals surface area contributed by atoms with Crippen molar-refractivity contribution in [2.45, 2.75) is 6.42 Å². The monoisotopic (exact) mass is 280 g/mol. The van der Waals surface area contributed by atoms with Crippen LogP contribution in [0.25, 0.3) is 0 Å². The van der Waals surface area contributed by atoms with Gasteiger partial charge in [0.2, 0.25) is 0 Å².